The quantitative estimate of drug-likeness (QED) is 0.649. The molecule has 2 fully saturated rings. The van der Waals surface area contributed by atoms with E-state index in [0.717, 1.165) is 36.2 Å². The van der Waals surface area contributed by atoms with Crippen LogP contribution in [0.3, 0.4) is 0 Å². The number of halogens is 1. The number of aromatic nitrogens is 2. The van der Waals surface area contributed by atoms with Crippen LogP contribution in [0.1, 0.15) is 44.0 Å². The summed E-state index contributed by atoms with van der Waals surface area (Å²) >= 11 is 3.45. The smallest absolute Gasteiger partial charge is 0.259 e. The molecule has 0 saturated carbocycles. The number of anilines is 1. The molecule has 0 spiro atoms. The number of carbonyl (C=O) groups excluding carboxylic acids is 1. The van der Waals surface area contributed by atoms with Crippen molar-refractivity contribution >= 4 is 27.7 Å². The van der Waals surface area contributed by atoms with Gasteiger partial charge < -0.3 is 19.3 Å². The molecule has 0 N–H and O–H groups in total. The summed E-state index contributed by atoms with van der Waals surface area (Å²) in [5, 5.41) is 0. The normalized spacial score (nSPS) is 21.7. The van der Waals surface area contributed by atoms with E-state index in [2.05, 4.69) is 30.8 Å². The number of morpholine rings is 1. The highest BCUT2D eigenvalue weighted by molar-refractivity contribution is 9.10. The van der Waals surface area contributed by atoms with Gasteiger partial charge in [-0.25, -0.2) is 9.97 Å². The summed E-state index contributed by atoms with van der Waals surface area (Å²) in [7, 11) is 0. The number of ether oxygens (including phenoxy) is 2. The maximum atomic E-state index is 13.4. The van der Waals surface area contributed by atoms with Crippen LogP contribution in [0, 0.1) is 0 Å². The van der Waals surface area contributed by atoms with Gasteiger partial charge in [-0.05, 0) is 45.0 Å². The lowest BCUT2D eigenvalue weighted by Crippen LogP contribution is -2.57. The molecule has 2 aliphatic heterocycles. The zero-order chi connectivity index (χ0) is 22.0. The van der Waals surface area contributed by atoms with Crippen molar-refractivity contribution in [1.82, 2.24) is 14.9 Å². The van der Waals surface area contributed by atoms with Crippen LogP contribution in [0.15, 0.2) is 41.3 Å². The molecule has 4 rings (SSSR count). The number of carbonyl (C=O) groups is 1. The topological polar surface area (TPSA) is 67.8 Å². The van der Waals surface area contributed by atoms with Crippen molar-refractivity contribution in [3.05, 3.63) is 46.8 Å². The van der Waals surface area contributed by atoms with E-state index in [1.807, 2.05) is 49.9 Å². The molecule has 1 aromatic carbocycles. The molecule has 0 aliphatic carbocycles. The van der Waals surface area contributed by atoms with E-state index in [1.54, 1.807) is 6.20 Å². The van der Waals surface area contributed by atoms with Crippen LogP contribution in [-0.4, -0.2) is 64.8 Å². The number of rotatable bonds is 4. The van der Waals surface area contributed by atoms with Crippen LogP contribution in [0.5, 0.6) is 5.75 Å². The molecule has 2 saturated heterocycles. The number of amides is 1. The second-order valence-electron chi connectivity index (χ2n) is 8.64. The Bertz CT molecular complexity index is 913. The van der Waals surface area contributed by atoms with Crippen molar-refractivity contribution < 1.29 is 14.3 Å². The fraction of sp³-hybridized carbons (Fsp3) is 0.522. The van der Waals surface area contributed by atoms with Crippen molar-refractivity contribution in [1.29, 1.82) is 0 Å². The molecular formula is C23H29BrN4O3. The number of piperidine rings is 1. The lowest BCUT2D eigenvalue weighted by atomic mass is 9.96. The van der Waals surface area contributed by atoms with E-state index in [9.17, 15) is 4.79 Å². The molecule has 2 aromatic rings. The standard InChI is InChI=1S/C23H29BrN4O3/c1-16-23(2,3)30-13-12-28(16)22(29)20-14-25-15-26-21(20)27-10-8-19(9-11-27)31-18-6-4-17(24)5-7-18/h4-7,14-16,19H,8-13H2,1-3H3. The first-order valence-electron chi connectivity index (χ1n) is 10.8. The third-order valence-corrected chi connectivity index (χ3v) is 6.85. The van der Waals surface area contributed by atoms with Crippen molar-refractivity contribution in [3.8, 4) is 5.75 Å². The van der Waals surface area contributed by atoms with Crippen molar-refractivity contribution in [2.75, 3.05) is 31.1 Å². The third kappa shape index (κ3) is 4.85. The van der Waals surface area contributed by atoms with Gasteiger partial charge in [0.05, 0.1) is 18.2 Å². The molecule has 1 aromatic heterocycles. The van der Waals surface area contributed by atoms with E-state index >= 15 is 0 Å². The number of hydrogen-bond donors (Lipinski definition) is 0. The minimum Gasteiger partial charge on any atom is -0.490 e. The zero-order valence-corrected chi connectivity index (χ0v) is 19.8. The molecule has 7 nitrogen and oxygen atoms in total. The van der Waals surface area contributed by atoms with Crippen LogP contribution in [-0.2, 0) is 4.74 Å². The predicted octanol–water partition coefficient (Wildman–Crippen LogP) is 3.93. The van der Waals surface area contributed by atoms with Crippen molar-refractivity contribution in [3.63, 3.8) is 0 Å². The zero-order valence-electron chi connectivity index (χ0n) is 18.3. The van der Waals surface area contributed by atoms with Crippen LogP contribution >= 0.6 is 15.9 Å². The number of hydrogen-bond acceptors (Lipinski definition) is 6. The minimum atomic E-state index is -0.383. The second-order valence-corrected chi connectivity index (χ2v) is 9.56. The van der Waals surface area contributed by atoms with E-state index in [1.165, 1.54) is 6.33 Å². The molecule has 0 bridgehead atoms. The van der Waals surface area contributed by atoms with Crippen LogP contribution < -0.4 is 9.64 Å². The third-order valence-electron chi connectivity index (χ3n) is 6.32. The van der Waals surface area contributed by atoms with Crippen molar-refractivity contribution in [2.45, 2.75) is 51.4 Å². The van der Waals surface area contributed by atoms with E-state index in [4.69, 9.17) is 9.47 Å². The maximum absolute atomic E-state index is 13.4. The van der Waals surface area contributed by atoms with Crippen molar-refractivity contribution in [2.24, 2.45) is 0 Å². The van der Waals surface area contributed by atoms with Gasteiger partial charge in [0.1, 0.15) is 29.6 Å². The predicted molar refractivity (Wildman–Crippen MR) is 123 cm³/mol. The van der Waals surface area contributed by atoms with Gasteiger partial charge in [-0.1, -0.05) is 15.9 Å². The average molecular weight is 489 g/mol. The van der Waals surface area contributed by atoms with Gasteiger partial charge in [-0.2, -0.15) is 0 Å². The number of benzene rings is 1. The summed E-state index contributed by atoms with van der Waals surface area (Å²) < 4.78 is 13.0. The summed E-state index contributed by atoms with van der Waals surface area (Å²) in [5.74, 6) is 1.55. The summed E-state index contributed by atoms with van der Waals surface area (Å²) in [4.78, 5) is 26.1. The monoisotopic (exact) mass is 488 g/mol. The summed E-state index contributed by atoms with van der Waals surface area (Å²) in [5.41, 5.74) is 0.172. The van der Waals surface area contributed by atoms with Gasteiger partial charge in [-0.15, -0.1) is 0 Å². The highest BCUT2D eigenvalue weighted by atomic mass is 79.9. The Morgan fingerprint density at radius 1 is 1.19 bits per heavy atom. The molecule has 3 heterocycles. The first kappa shape index (κ1) is 22.0. The lowest BCUT2D eigenvalue weighted by Gasteiger charge is -2.44. The first-order valence-corrected chi connectivity index (χ1v) is 11.6. The molecular weight excluding hydrogens is 460 g/mol. The molecule has 1 atom stereocenters. The maximum Gasteiger partial charge on any atom is 0.259 e. The van der Waals surface area contributed by atoms with E-state index in [0.29, 0.717) is 24.5 Å². The Hall–Kier alpha value is -2.19. The molecule has 31 heavy (non-hydrogen) atoms. The molecule has 1 amide bonds. The SMILES string of the molecule is CC1N(C(=O)c2cncnc2N2CCC(Oc3ccc(Br)cc3)CC2)CCOC1(C)C. The highest BCUT2D eigenvalue weighted by Crippen LogP contribution is 2.29. The second kappa shape index (κ2) is 9.12. The van der Waals surface area contributed by atoms with Gasteiger partial charge in [0.15, 0.2) is 0 Å². The van der Waals surface area contributed by atoms with Crippen LogP contribution in [0.4, 0.5) is 5.82 Å². The van der Waals surface area contributed by atoms with Gasteiger partial charge in [0.2, 0.25) is 0 Å². The molecule has 166 valence electrons. The molecule has 8 heteroatoms. The Morgan fingerprint density at radius 2 is 1.90 bits per heavy atom. The Morgan fingerprint density at radius 3 is 2.61 bits per heavy atom. The van der Waals surface area contributed by atoms with Gasteiger partial charge >= 0.3 is 0 Å². The summed E-state index contributed by atoms with van der Waals surface area (Å²) in [6.45, 7) is 8.74. The van der Waals surface area contributed by atoms with Crippen LogP contribution in [0.25, 0.3) is 0 Å². The summed E-state index contributed by atoms with van der Waals surface area (Å²) in [6.07, 6.45) is 5.05. The Kier molecular flexibility index (Phi) is 6.48. The molecule has 1 unspecified atom stereocenters. The largest absolute Gasteiger partial charge is 0.490 e. The fourth-order valence-corrected chi connectivity index (χ4v) is 4.41. The Balaban J connectivity index is 1.44. The molecule has 2 aliphatic rings. The van der Waals surface area contributed by atoms with Gasteiger partial charge in [0, 0.05) is 43.1 Å². The first-order chi connectivity index (χ1) is 14.8. The summed E-state index contributed by atoms with van der Waals surface area (Å²) in [6, 6.07) is 7.88. The minimum absolute atomic E-state index is 0.0345. The fourth-order valence-electron chi connectivity index (χ4n) is 4.15. The molecule has 0 radical (unpaired) electrons. The van der Waals surface area contributed by atoms with Gasteiger partial charge in [0.25, 0.3) is 5.91 Å². The number of nitrogens with zero attached hydrogens (tertiary/aromatic N) is 4. The lowest BCUT2D eigenvalue weighted by molar-refractivity contribution is -0.109. The van der Waals surface area contributed by atoms with E-state index in [-0.39, 0.29) is 23.7 Å². The van der Waals surface area contributed by atoms with E-state index < -0.39 is 0 Å². The average Bonchev–Trinajstić information content (AvgIpc) is 2.77. The van der Waals surface area contributed by atoms with Gasteiger partial charge in [-0.3, -0.25) is 4.79 Å². The highest BCUT2D eigenvalue weighted by Gasteiger charge is 2.39. The Labute approximate surface area is 191 Å². The van der Waals surface area contributed by atoms with Crippen LogP contribution in [0.2, 0.25) is 0 Å².